The summed E-state index contributed by atoms with van der Waals surface area (Å²) in [6.45, 7) is 7.60. The highest BCUT2D eigenvalue weighted by Gasteiger charge is 2.44. The van der Waals surface area contributed by atoms with Crippen LogP contribution in [0.2, 0.25) is 0 Å². The van der Waals surface area contributed by atoms with Crippen LogP contribution in [0.4, 0.5) is 25.0 Å². The molecule has 46 heavy (non-hydrogen) atoms. The van der Waals surface area contributed by atoms with Crippen LogP contribution in [0, 0.1) is 11.6 Å². The Bertz CT molecular complexity index is 1950. The van der Waals surface area contributed by atoms with Crippen molar-refractivity contribution in [3.63, 3.8) is 0 Å². The van der Waals surface area contributed by atoms with Crippen LogP contribution < -0.4 is 20.1 Å². The predicted octanol–water partition coefficient (Wildman–Crippen LogP) is 4.52. The number of carbonyl (C=O) groups is 2. The molecule has 1 fully saturated rings. The number of fused-ring (bicyclic) bond motifs is 5. The fraction of sp³-hybridized carbons (Fsp3) is 0.375. The van der Waals surface area contributed by atoms with E-state index in [-0.39, 0.29) is 70.9 Å². The first-order chi connectivity index (χ1) is 21.9. The summed E-state index contributed by atoms with van der Waals surface area (Å²) < 4.78 is 38.3. The number of anilines is 2. The van der Waals surface area contributed by atoms with Gasteiger partial charge in [-0.2, -0.15) is 0 Å². The molecule has 0 spiro atoms. The number of benzene rings is 1. The van der Waals surface area contributed by atoms with Crippen LogP contribution in [0.3, 0.4) is 0 Å². The molecule has 4 aromatic rings. The average molecular weight is 634 g/mol. The van der Waals surface area contributed by atoms with E-state index in [4.69, 9.17) is 4.74 Å². The smallest absolute Gasteiger partial charge is 0.407 e. The molecule has 0 saturated carbocycles. The van der Waals surface area contributed by atoms with Gasteiger partial charge in [-0.15, -0.1) is 0 Å². The van der Waals surface area contributed by atoms with E-state index < -0.39 is 35.2 Å². The molecule has 6 rings (SSSR count). The number of ether oxygens (including phenoxy) is 1. The number of piperazine rings is 1. The zero-order valence-corrected chi connectivity index (χ0v) is 26.2. The molecule has 0 unspecified atom stereocenters. The van der Waals surface area contributed by atoms with Gasteiger partial charge < -0.3 is 24.5 Å². The molecular weight excluding hydrogens is 600 g/mol. The van der Waals surface area contributed by atoms with Gasteiger partial charge >= 0.3 is 6.09 Å². The third kappa shape index (κ3) is 4.62. The number of hydrogen-bond acceptors (Lipinski definition) is 8. The second kappa shape index (κ2) is 11.3. The summed E-state index contributed by atoms with van der Waals surface area (Å²) in [6, 6.07) is 4.28. The summed E-state index contributed by atoms with van der Waals surface area (Å²) in [5.74, 6) is -2.48. The zero-order chi connectivity index (χ0) is 33.2. The van der Waals surface area contributed by atoms with Gasteiger partial charge in [0.05, 0.1) is 42.0 Å². The number of nitrogens with zero attached hydrogens (tertiary/aromatic N) is 7. The molecule has 2 amide bonds. The van der Waals surface area contributed by atoms with E-state index in [0.717, 1.165) is 11.0 Å². The maximum Gasteiger partial charge on any atom is 0.407 e. The normalized spacial score (nSPS) is 16.3. The summed E-state index contributed by atoms with van der Waals surface area (Å²) in [5, 5.41) is 9.83. The number of carbonyl (C=O) groups excluding carboxylic acids is 1. The van der Waals surface area contributed by atoms with Crippen molar-refractivity contribution >= 4 is 34.4 Å². The highest BCUT2D eigenvalue weighted by atomic mass is 19.1. The maximum atomic E-state index is 16.3. The Morgan fingerprint density at radius 1 is 1.00 bits per heavy atom. The van der Waals surface area contributed by atoms with Crippen molar-refractivity contribution in [3.8, 4) is 22.7 Å². The Balaban J connectivity index is 1.79. The van der Waals surface area contributed by atoms with Crippen molar-refractivity contribution in [3.05, 3.63) is 64.0 Å². The van der Waals surface area contributed by atoms with Crippen molar-refractivity contribution in [2.45, 2.75) is 45.6 Å². The summed E-state index contributed by atoms with van der Waals surface area (Å²) in [4.78, 5) is 58.1. The van der Waals surface area contributed by atoms with Gasteiger partial charge in [0.15, 0.2) is 11.5 Å². The van der Waals surface area contributed by atoms with Crippen molar-refractivity contribution < 1.29 is 28.2 Å². The molecule has 3 aromatic heterocycles. The summed E-state index contributed by atoms with van der Waals surface area (Å²) in [7, 11) is 2.77. The van der Waals surface area contributed by atoms with E-state index in [9.17, 15) is 19.5 Å². The minimum atomic E-state index is -1.18. The van der Waals surface area contributed by atoms with E-state index in [0.29, 0.717) is 17.1 Å². The van der Waals surface area contributed by atoms with Crippen LogP contribution in [-0.2, 0) is 4.79 Å². The van der Waals surface area contributed by atoms with Crippen molar-refractivity contribution in [1.82, 2.24) is 24.4 Å². The van der Waals surface area contributed by atoms with E-state index in [1.165, 1.54) is 48.2 Å². The van der Waals surface area contributed by atoms with Crippen LogP contribution in [0.1, 0.15) is 50.9 Å². The first kappa shape index (κ1) is 30.9. The van der Waals surface area contributed by atoms with Crippen LogP contribution >= 0.6 is 0 Å². The monoisotopic (exact) mass is 633 g/mol. The number of rotatable bonds is 5. The number of likely N-dealkylation sites (N-methyl/N-ethyl adjacent to an activating group) is 1. The third-order valence-corrected chi connectivity index (χ3v) is 8.57. The number of halogens is 2. The highest BCUT2D eigenvalue weighted by molar-refractivity contribution is 6.11. The van der Waals surface area contributed by atoms with E-state index in [1.54, 1.807) is 4.90 Å². The Morgan fingerprint density at radius 3 is 2.28 bits per heavy atom. The molecule has 1 aromatic carbocycles. The lowest BCUT2D eigenvalue weighted by molar-refractivity contribution is -0.120. The van der Waals surface area contributed by atoms with E-state index >= 15 is 8.78 Å². The first-order valence-electron chi connectivity index (χ1n) is 14.9. The predicted molar refractivity (Wildman–Crippen MR) is 167 cm³/mol. The molecular formula is C32H33F2N7O5. The lowest BCUT2D eigenvalue weighted by Crippen LogP contribution is -2.63. The Kier molecular flexibility index (Phi) is 7.61. The second-order valence-corrected chi connectivity index (χ2v) is 12.0. The van der Waals surface area contributed by atoms with Crippen LogP contribution in [0.15, 0.2) is 35.4 Å². The minimum absolute atomic E-state index is 0.00813. The van der Waals surface area contributed by atoms with Crippen LogP contribution in [-0.4, -0.2) is 81.4 Å². The molecule has 1 saturated heterocycles. The van der Waals surface area contributed by atoms with Gasteiger partial charge in [-0.1, -0.05) is 33.8 Å². The average Bonchev–Trinajstić information content (AvgIpc) is 3.02. The topological polar surface area (TPSA) is 134 Å². The lowest BCUT2D eigenvalue weighted by Gasteiger charge is -2.46. The molecule has 12 nitrogen and oxygen atoms in total. The molecule has 240 valence electrons. The largest absolute Gasteiger partial charge is 0.496 e. The molecule has 0 aliphatic carbocycles. The van der Waals surface area contributed by atoms with Gasteiger partial charge in [-0.3, -0.25) is 14.2 Å². The van der Waals surface area contributed by atoms with Gasteiger partial charge in [0.2, 0.25) is 0 Å². The zero-order valence-electron chi connectivity index (χ0n) is 26.2. The fourth-order valence-electron chi connectivity index (χ4n) is 6.39. The van der Waals surface area contributed by atoms with Gasteiger partial charge in [0.1, 0.15) is 35.3 Å². The van der Waals surface area contributed by atoms with E-state index in [1.807, 2.05) is 27.7 Å². The van der Waals surface area contributed by atoms with Crippen LogP contribution in [0.5, 0.6) is 5.75 Å². The number of aromatic nitrogens is 4. The maximum absolute atomic E-state index is 16.3. The highest BCUT2D eigenvalue weighted by Crippen LogP contribution is 2.43. The van der Waals surface area contributed by atoms with Crippen LogP contribution in [0.25, 0.3) is 28.0 Å². The standard InChI is InChI=1S/C32H33F2N7O5/c1-15(2)23-27(24(16(3)4)36-14-35-23)41-29-17(12-19(34)25(37-29)22-18(33)8-7-9-21(22)46-6)26-28(31(41)43)38(5)30(42)20-13-39(32(44)45)10-11-40(20)26/h7-9,12,14-16,20H,10-11,13H2,1-6H3,(H,44,45)/t20-/m1/s1. The molecule has 0 bridgehead atoms. The lowest BCUT2D eigenvalue weighted by atomic mass is 9.99. The van der Waals surface area contributed by atoms with Crippen molar-refractivity contribution in [1.29, 1.82) is 0 Å². The summed E-state index contributed by atoms with van der Waals surface area (Å²) in [6.07, 6.45) is 0.244. The molecule has 14 heteroatoms. The Morgan fingerprint density at radius 2 is 1.67 bits per heavy atom. The fourth-order valence-corrected chi connectivity index (χ4v) is 6.39. The van der Waals surface area contributed by atoms with Crippen molar-refractivity contribution in [2.75, 3.05) is 43.6 Å². The van der Waals surface area contributed by atoms with Gasteiger partial charge in [-0.25, -0.2) is 28.5 Å². The number of pyridine rings is 2. The quantitative estimate of drug-likeness (QED) is 0.337. The second-order valence-electron chi connectivity index (χ2n) is 12.0. The first-order valence-corrected chi connectivity index (χ1v) is 14.9. The molecule has 0 radical (unpaired) electrons. The molecule has 5 heterocycles. The summed E-state index contributed by atoms with van der Waals surface area (Å²) in [5.41, 5.74) is 0.356. The molecule has 1 atom stereocenters. The van der Waals surface area contributed by atoms with Gasteiger partial charge in [0, 0.05) is 25.5 Å². The van der Waals surface area contributed by atoms with Gasteiger partial charge in [-0.05, 0) is 30.0 Å². The number of hydrogen-bond donors (Lipinski definition) is 1. The number of methoxy groups -OCH3 is 1. The Labute approximate surface area is 262 Å². The number of amides is 2. The molecule has 1 N–H and O–H groups in total. The number of carboxylic acid groups (broad SMARTS) is 1. The summed E-state index contributed by atoms with van der Waals surface area (Å²) >= 11 is 0. The van der Waals surface area contributed by atoms with E-state index in [2.05, 4.69) is 15.0 Å². The molecule has 2 aliphatic heterocycles. The van der Waals surface area contributed by atoms with Gasteiger partial charge in [0.25, 0.3) is 11.5 Å². The SMILES string of the molecule is COc1cccc(F)c1-c1nc2c(cc1F)c1c(c(=O)n2-c2c(C(C)C)ncnc2C(C)C)N(C)C(=O)[C@H]2CN(C(=O)O)CCN12. The minimum Gasteiger partial charge on any atom is -0.496 e. The Hall–Kier alpha value is -5.14. The molecule has 2 aliphatic rings. The third-order valence-electron chi connectivity index (χ3n) is 8.57. The van der Waals surface area contributed by atoms with Crippen molar-refractivity contribution in [2.24, 2.45) is 0 Å².